The molecule has 0 amide bonds. The Labute approximate surface area is 110 Å². The molecule has 1 rings (SSSR count). The van der Waals surface area contributed by atoms with E-state index in [-0.39, 0.29) is 11.5 Å². The highest BCUT2D eigenvalue weighted by Gasteiger charge is 2.28. The van der Waals surface area contributed by atoms with Crippen LogP contribution < -0.4 is 5.73 Å². The van der Waals surface area contributed by atoms with Crippen LogP contribution in [-0.2, 0) is 5.75 Å². The third kappa shape index (κ3) is 4.72. The topological polar surface area (TPSA) is 26.0 Å². The van der Waals surface area contributed by atoms with Crippen LogP contribution in [0.25, 0.3) is 0 Å². The Morgan fingerprint density at radius 2 is 1.94 bits per heavy atom. The first-order valence-electron chi connectivity index (χ1n) is 6.23. The van der Waals surface area contributed by atoms with Gasteiger partial charge in [0.2, 0.25) is 0 Å². The van der Waals surface area contributed by atoms with Crippen LogP contribution in [0.3, 0.4) is 0 Å². The molecule has 0 aliphatic rings. The highest BCUT2D eigenvalue weighted by Crippen LogP contribution is 2.34. The molecule has 17 heavy (non-hydrogen) atoms. The van der Waals surface area contributed by atoms with Gasteiger partial charge in [0.1, 0.15) is 0 Å². The van der Waals surface area contributed by atoms with E-state index in [2.05, 4.69) is 58.9 Å². The fraction of sp³-hybridized carbons (Fsp3) is 0.600. The van der Waals surface area contributed by atoms with Crippen molar-refractivity contribution in [1.29, 1.82) is 0 Å². The first-order valence-corrected chi connectivity index (χ1v) is 7.28. The Morgan fingerprint density at radius 1 is 1.29 bits per heavy atom. The highest BCUT2D eigenvalue weighted by atomic mass is 32.2. The van der Waals surface area contributed by atoms with Gasteiger partial charge in [0.15, 0.2) is 0 Å². The summed E-state index contributed by atoms with van der Waals surface area (Å²) in [6, 6.07) is 8.95. The van der Waals surface area contributed by atoms with Gasteiger partial charge in [-0.25, -0.2) is 0 Å². The Morgan fingerprint density at radius 3 is 2.41 bits per heavy atom. The Bertz CT molecular complexity index is 352. The molecule has 2 N–H and O–H groups in total. The van der Waals surface area contributed by atoms with Crippen molar-refractivity contribution >= 4 is 11.8 Å². The van der Waals surface area contributed by atoms with Gasteiger partial charge >= 0.3 is 0 Å². The first kappa shape index (κ1) is 14.6. The summed E-state index contributed by atoms with van der Waals surface area (Å²) < 4.78 is 0. The lowest BCUT2D eigenvalue weighted by Crippen LogP contribution is -2.39. The maximum atomic E-state index is 6.10. The van der Waals surface area contributed by atoms with Gasteiger partial charge in [0.05, 0.1) is 0 Å². The monoisotopic (exact) mass is 251 g/mol. The zero-order chi connectivity index (χ0) is 13.1. The van der Waals surface area contributed by atoms with Crippen LogP contribution in [0.15, 0.2) is 24.3 Å². The van der Waals surface area contributed by atoms with Crippen molar-refractivity contribution in [2.75, 3.05) is 0 Å². The Hall–Kier alpha value is -0.470. The quantitative estimate of drug-likeness (QED) is 0.875. The third-order valence-electron chi connectivity index (χ3n) is 2.84. The maximum absolute atomic E-state index is 6.10. The van der Waals surface area contributed by atoms with E-state index in [1.165, 1.54) is 11.1 Å². The standard InChI is InChI=1S/C15H25NS/c1-11-7-6-8-13(9-11)10-17-14(12(2)16)15(3,4)5/h6-9,12,14H,10,16H2,1-5H3. The smallest absolute Gasteiger partial charge is 0.0248 e. The van der Waals surface area contributed by atoms with Crippen LogP contribution in [0.2, 0.25) is 0 Å². The van der Waals surface area contributed by atoms with Crippen molar-refractivity contribution < 1.29 is 0 Å². The van der Waals surface area contributed by atoms with Crippen LogP contribution in [0.1, 0.15) is 38.8 Å². The van der Waals surface area contributed by atoms with Gasteiger partial charge in [-0.05, 0) is 24.8 Å². The number of nitrogens with two attached hydrogens (primary N) is 1. The summed E-state index contributed by atoms with van der Waals surface area (Å²) >= 11 is 1.97. The van der Waals surface area contributed by atoms with E-state index in [9.17, 15) is 0 Å². The molecule has 0 aliphatic heterocycles. The van der Waals surface area contributed by atoms with Gasteiger partial charge in [0.25, 0.3) is 0 Å². The summed E-state index contributed by atoms with van der Waals surface area (Å²) in [5, 5.41) is 0.489. The summed E-state index contributed by atoms with van der Waals surface area (Å²) in [4.78, 5) is 0. The van der Waals surface area contributed by atoms with Gasteiger partial charge < -0.3 is 5.73 Å². The van der Waals surface area contributed by atoms with Gasteiger partial charge in [-0.3, -0.25) is 0 Å². The molecule has 2 heteroatoms. The molecule has 2 unspecified atom stereocenters. The van der Waals surface area contributed by atoms with Crippen LogP contribution >= 0.6 is 11.8 Å². The Balaban J connectivity index is 2.65. The highest BCUT2D eigenvalue weighted by molar-refractivity contribution is 7.99. The lowest BCUT2D eigenvalue weighted by atomic mass is 9.88. The van der Waals surface area contributed by atoms with Crippen LogP contribution in [0.5, 0.6) is 0 Å². The fourth-order valence-corrected chi connectivity index (χ4v) is 3.53. The minimum atomic E-state index is 0.227. The van der Waals surface area contributed by atoms with Crippen LogP contribution in [0.4, 0.5) is 0 Å². The summed E-state index contributed by atoms with van der Waals surface area (Å²) in [6.07, 6.45) is 0. The van der Waals surface area contributed by atoms with Crippen molar-refractivity contribution in [1.82, 2.24) is 0 Å². The van der Waals surface area contributed by atoms with Crippen molar-refractivity contribution in [2.45, 2.75) is 51.7 Å². The van der Waals surface area contributed by atoms with E-state index >= 15 is 0 Å². The number of thioether (sulfide) groups is 1. The van der Waals surface area contributed by atoms with Gasteiger partial charge in [-0.15, -0.1) is 0 Å². The molecule has 0 aromatic heterocycles. The minimum absolute atomic E-state index is 0.227. The lowest BCUT2D eigenvalue weighted by molar-refractivity contribution is 0.363. The second-order valence-electron chi connectivity index (χ2n) is 5.95. The van der Waals surface area contributed by atoms with Gasteiger partial charge in [-0.1, -0.05) is 50.6 Å². The number of aryl methyl sites for hydroxylation is 1. The molecule has 2 atom stereocenters. The maximum Gasteiger partial charge on any atom is 0.0248 e. The van der Waals surface area contributed by atoms with Crippen molar-refractivity contribution in [2.24, 2.45) is 11.1 Å². The molecule has 0 radical (unpaired) electrons. The van der Waals surface area contributed by atoms with Crippen molar-refractivity contribution in [3.8, 4) is 0 Å². The molecule has 0 saturated heterocycles. The number of rotatable bonds is 4. The lowest BCUT2D eigenvalue weighted by Gasteiger charge is -2.33. The molecule has 0 spiro atoms. The molecule has 1 aromatic carbocycles. The predicted molar refractivity (Wildman–Crippen MR) is 79.4 cm³/mol. The number of benzene rings is 1. The molecular formula is C15H25NS. The SMILES string of the molecule is Cc1cccc(CSC(C(C)N)C(C)(C)C)c1. The summed E-state index contributed by atoms with van der Waals surface area (Å²) in [7, 11) is 0. The number of hydrogen-bond acceptors (Lipinski definition) is 2. The van der Waals surface area contributed by atoms with Gasteiger partial charge in [0, 0.05) is 17.0 Å². The summed E-state index contributed by atoms with van der Waals surface area (Å²) in [6.45, 7) is 11.1. The average molecular weight is 251 g/mol. The van der Waals surface area contributed by atoms with Crippen molar-refractivity contribution in [3.05, 3.63) is 35.4 Å². The van der Waals surface area contributed by atoms with E-state index in [4.69, 9.17) is 5.73 Å². The largest absolute Gasteiger partial charge is 0.327 e. The zero-order valence-corrected chi connectivity index (χ0v) is 12.5. The normalized spacial score (nSPS) is 15.6. The minimum Gasteiger partial charge on any atom is -0.327 e. The molecule has 0 saturated carbocycles. The first-order chi connectivity index (χ1) is 7.80. The summed E-state index contributed by atoms with van der Waals surface area (Å²) in [5.41, 5.74) is 9.07. The second kappa shape index (κ2) is 5.92. The number of hydrogen-bond donors (Lipinski definition) is 1. The molecule has 1 aromatic rings. The van der Waals surface area contributed by atoms with E-state index in [1.54, 1.807) is 0 Å². The second-order valence-corrected chi connectivity index (χ2v) is 7.08. The fourth-order valence-electron chi connectivity index (χ4n) is 2.18. The van der Waals surface area contributed by atoms with E-state index in [1.807, 2.05) is 11.8 Å². The van der Waals surface area contributed by atoms with E-state index in [0.29, 0.717) is 5.25 Å². The summed E-state index contributed by atoms with van der Waals surface area (Å²) in [5.74, 6) is 1.05. The average Bonchev–Trinajstić information content (AvgIpc) is 2.15. The van der Waals surface area contributed by atoms with Crippen LogP contribution in [-0.4, -0.2) is 11.3 Å². The molecule has 0 fully saturated rings. The molecule has 0 aliphatic carbocycles. The Kier molecular flexibility index (Phi) is 5.08. The zero-order valence-electron chi connectivity index (χ0n) is 11.7. The van der Waals surface area contributed by atoms with E-state index in [0.717, 1.165) is 5.75 Å². The predicted octanol–water partition coefficient (Wildman–Crippen LogP) is 3.99. The molecule has 0 bridgehead atoms. The molecule has 0 heterocycles. The molecule has 1 nitrogen and oxygen atoms in total. The molecule has 96 valence electrons. The molecular weight excluding hydrogens is 226 g/mol. The van der Waals surface area contributed by atoms with E-state index < -0.39 is 0 Å². The third-order valence-corrected chi connectivity index (χ3v) is 4.84. The van der Waals surface area contributed by atoms with Gasteiger partial charge in [-0.2, -0.15) is 11.8 Å². The van der Waals surface area contributed by atoms with Crippen molar-refractivity contribution in [3.63, 3.8) is 0 Å². The van der Waals surface area contributed by atoms with Crippen LogP contribution in [0, 0.1) is 12.3 Å².